The summed E-state index contributed by atoms with van der Waals surface area (Å²) in [5, 5.41) is 35.3. The molecule has 0 spiro atoms. The third kappa shape index (κ3) is 12.1. The van der Waals surface area contributed by atoms with Gasteiger partial charge >= 0.3 is 17.9 Å². The molecule has 0 bridgehead atoms. The number of likely N-dealkylation sites (N-methyl/N-ethyl adjacent to an activating group) is 1. The van der Waals surface area contributed by atoms with Crippen LogP contribution in [0.3, 0.4) is 0 Å². The van der Waals surface area contributed by atoms with Crippen LogP contribution in [0.15, 0.2) is 72.8 Å². The van der Waals surface area contributed by atoms with Crippen LogP contribution in [0.25, 0.3) is 11.6 Å². The fraction of sp³-hybridized carbons (Fsp3) is 0.281. The van der Waals surface area contributed by atoms with Gasteiger partial charge in [-0.1, -0.05) is 73.4 Å². The number of hydrogen-bond acceptors (Lipinski definition) is 6. The average molecular weight is 633 g/mol. The molecule has 3 rings (SSSR count). The van der Waals surface area contributed by atoms with Gasteiger partial charge in [0.1, 0.15) is 12.4 Å². The molecular formula is C32H35Cl2NO8. The molecule has 0 unspecified atom stereocenters. The number of halogens is 2. The van der Waals surface area contributed by atoms with Gasteiger partial charge in [-0.05, 0) is 77.8 Å². The van der Waals surface area contributed by atoms with E-state index in [-0.39, 0.29) is 0 Å². The molecular weight excluding hydrogens is 597 g/mol. The van der Waals surface area contributed by atoms with Crippen LogP contribution in [0.5, 0.6) is 5.75 Å². The van der Waals surface area contributed by atoms with Gasteiger partial charge in [-0.2, -0.15) is 0 Å². The van der Waals surface area contributed by atoms with Crippen LogP contribution >= 0.6 is 23.2 Å². The summed E-state index contributed by atoms with van der Waals surface area (Å²) in [5.74, 6) is -4.14. The van der Waals surface area contributed by atoms with Crippen molar-refractivity contribution in [1.82, 2.24) is 4.90 Å². The second kappa shape index (κ2) is 17.3. The zero-order valence-corrected chi connectivity index (χ0v) is 25.4. The topological polar surface area (TPSA) is 145 Å². The van der Waals surface area contributed by atoms with Gasteiger partial charge < -0.3 is 30.1 Å². The molecule has 0 aliphatic rings. The number of aliphatic carboxylic acids is 3. The van der Waals surface area contributed by atoms with E-state index in [0.29, 0.717) is 6.61 Å². The van der Waals surface area contributed by atoms with Gasteiger partial charge in [0.25, 0.3) is 0 Å². The number of aliphatic hydroxyl groups is 1. The second-order valence-corrected chi connectivity index (χ2v) is 10.4. The molecule has 0 amide bonds. The van der Waals surface area contributed by atoms with Crippen LogP contribution in [-0.4, -0.2) is 75.1 Å². The molecule has 0 saturated heterocycles. The summed E-state index contributed by atoms with van der Waals surface area (Å²) >= 11 is 12.1. The third-order valence-electron chi connectivity index (χ3n) is 6.36. The Labute approximate surface area is 260 Å². The summed E-state index contributed by atoms with van der Waals surface area (Å²) in [4.78, 5) is 32.8. The molecule has 0 fully saturated rings. The lowest BCUT2D eigenvalue weighted by Gasteiger charge is -2.18. The molecule has 230 valence electrons. The first-order valence-corrected chi connectivity index (χ1v) is 14.2. The Morgan fingerprint density at radius 2 is 1.21 bits per heavy atom. The molecule has 0 aliphatic heterocycles. The number of benzene rings is 3. The summed E-state index contributed by atoms with van der Waals surface area (Å²) in [5.41, 5.74) is 1.68. The molecule has 43 heavy (non-hydrogen) atoms. The molecule has 0 aromatic heterocycles. The first-order valence-electron chi connectivity index (χ1n) is 13.4. The van der Waals surface area contributed by atoms with Crippen molar-refractivity contribution >= 4 is 52.8 Å². The predicted molar refractivity (Wildman–Crippen MR) is 167 cm³/mol. The van der Waals surface area contributed by atoms with Crippen molar-refractivity contribution in [3.8, 4) is 5.75 Å². The van der Waals surface area contributed by atoms with Crippen LogP contribution < -0.4 is 4.74 Å². The number of ether oxygens (including phenoxy) is 1. The van der Waals surface area contributed by atoms with Crippen LogP contribution in [0.2, 0.25) is 10.0 Å². The Morgan fingerprint density at radius 3 is 1.63 bits per heavy atom. The van der Waals surface area contributed by atoms with E-state index < -0.39 is 36.4 Å². The lowest BCUT2D eigenvalue weighted by Crippen LogP contribution is -2.42. The summed E-state index contributed by atoms with van der Waals surface area (Å²) in [7, 11) is 0. The Kier molecular flexibility index (Phi) is 14.2. The van der Waals surface area contributed by atoms with E-state index in [4.69, 9.17) is 48.4 Å². The van der Waals surface area contributed by atoms with Gasteiger partial charge in [0, 0.05) is 16.6 Å². The van der Waals surface area contributed by atoms with E-state index in [1.54, 1.807) is 0 Å². The maximum Gasteiger partial charge on any atom is 0.336 e. The highest BCUT2D eigenvalue weighted by Crippen LogP contribution is 2.29. The van der Waals surface area contributed by atoms with Crippen LogP contribution in [0, 0.1) is 0 Å². The highest BCUT2D eigenvalue weighted by atomic mass is 35.5. The van der Waals surface area contributed by atoms with Gasteiger partial charge in [0.2, 0.25) is 0 Å². The summed E-state index contributed by atoms with van der Waals surface area (Å²) in [6.45, 7) is 8.04. The van der Waals surface area contributed by atoms with E-state index in [1.165, 1.54) is 0 Å². The highest BCUT2D eigenvalue weighted by Gasteiger charge is 2.40. The minimum absolute atomic E-state index is 0.686. The Bertz CT molecular complexity index is 1350. The van der Waals surface area contributed by atoms with Crippen molar-refractivity contribution in [3.05, 3.63) is 99.5 Å². The summed E-state index contributed by atoms with van der Waals surface area (Å²) in [6, 6.07) is 24.0. The van der Waals surface area contributed by atoms with Crippen LogP contribution in [0.1, 0.15) is 43.4 Å². The lowest BCUT2D eigenvalue weighted by molar-refractivity contribution is -0.170. The lowest BCUT2D eigenvalue weighted by atomic mass is 9.95. The van der Waals surface area contributed by atoms with Crippen molar-refractivity contribution in [3.63, 3.8) is 0 Å². The van der Waals surface area contributed by atoms with Crippen molar-refractivity contribution in [2.75, 3.05) is 26.2 Å². The number of nitrogens with zero attached hydrogens (tertiary/aromatic N) is 1. The molecule has 0 radical (unpaired) electrons. The van der Waals surface area contributed by atoms with Crippen molar-refractivity contribution in [1.29, 1.82) is 0 Å². The number of carbonyl (C=O) groups is 3. The van der Waals surface area contributed by atoms with Crippen LogP contribution in [-0.2, 0) is 14.4 Å². The molecule has 9 nitrogen and oxygen atoms in total. The molecule has 3 aromatic carbocycles. The Balaban J connectivity index is 0.000000420. The second-order valence-electron chi connectivity index (χ2n) is 9.49. The predicted octanol–water partition coefficient (Wildman–Crippen LogP) is 6.05. The Hall–Kier alpha value is -3.89. The van der Waals surface area contributed by atoms with Gasteiger partial charge in [0.15, 0.2) is 5.60 Å². The molecule has 0 saturated carbocycles. The minimum atomic E-state index is -2.74. The zero-order valence-electron chi connectivity index (χ0n) is 23.9. The largest absolute Gasteiger partial charge is 0.492 e. The first kappa shape index (κ1) is 35.3. The molecule has 11 heteroatoms. The van der Waals surface area contributed by atoms with Gasteiger partial charge in [0.05, 0.1) is 12.8 Å². The summed E-state index contributed by atoms with van der Waals surface area (Å²) in [6.07, 6.45) is -0.126. The third-order valence-corrected chi connectivity index (χ3v) is 6.86. The van der Waals surface area contributed by atoms with E-state index in [2.05, 4.69) is 37.0 Å². The maximum atomic E-state index is 10.3. The fourth-order valence-corrected chi connectivity index (χ4v) is 4.22. The first-order chi connectivity index (χ1) is 20.4. The number of rotatable bonds is 14. The zero-order chi connectivity index (χ0) is 32.0. The SMILES string of the molecule is CCN(CC)CCOc1ccc(/C(=C\c2ccc(Cl)cc2)c2ccc(Cl)cc2)cc1.O=C(O)CC(O)(CC(=O)O)C(=O)O. The van der Waals surface area contributed by atoms with Gasteiger partial charge in [-0.3, -0.25) is 9.59 Å². The minimum Gasteiger partial charge on any atom is -0.492 e. The van der Waals surface area contributed by atoms with Gasteiger partial charge in [-0.25, -0.2) is 4.79 Å². The number of carboxylic acid groups (broad SMARTS) is 3. The molecule has 4 N–H and O–H groups in total. The molecule has 3 aromatic rings. The Morgan fingerprint density at radius 1 is 0.767 bits per heavy atom. The molecule has 0 atom stereocenters. The summed E-state index contributed by atoms with van der Waals surface area (Å²) < 4.78 is 5.93. The normalized spacial score (nSPS) is 11.4. The highest BCUT2D eigenvalue weighted by molar-refractivity contribution is 6.31. The van der Waals surface area contributed by atoms with Crippen molar-refractivity contribution < 1.29 is 39.5 Å². The van der Waals surface area contributed by atoms with E-state index >= 15 is 0 Å². The van der Waals surface area contributed by atoms with E-state index in [1.807, 2.05) is 60.7 Å². The number of hydrogen-bond donors (Lipinski definition) is 4. The molecule has 0 aliphatic carbocycles. The fourth-order valence-electron chi connectivity index (χ4n) is 3.97. The van der Waals surface area contributed by atoms with Crippen molar-refractivity contribution in [2.45, 2.75) is 32.3 Å². The van der Waals surface area contributed by atoms with E-state index in [9.17, 15) is 14.4 Å². The van der Waals surface area contributed by atoms with Crippen LogP contribution in [0.4, 0.5) is 0 Å². The van der Waals surface area contributed by atoms with E-state index in [0.717, 1.165) is 57.7 Å². The quantitative estimate of drug-likeness (QED) is 0.156. The average Bonchev–Trinajstić information content (AvgIpc) is 2.95. The van der Waals surface area contributed by atoms with Crippen molar-refractivity contribution in [2.24, 2.45) is 0 Å². The maximum absolute atomic E-state index is 10.3. The standard InChI is InChI=1S/C26H27Cl2NO.C6H8O7/c1-3-29(4-2)17-18-30-25-15-9-22(10-16-25)26(21-7-13-24(28)14-8-21)19-20-5-11-23(27)12-6-20;7-3(8)1-6(13,5(11)12)2-4(9)10/h5-16,19H,3-4,17-18H2,1-2H3;13H,1-2H2,(H,7,8)(H,9,10)(H,11,12)/b26-19-;. The smallest absolute Gasteiger partial charge is 0.336 e. The monoisotopic (exact) mass is 631 g/mol. The molecule has 0 heterocycles. The van der Waals surface area contributed by atoms with Gasteiger partial charge in [-0.15, -0.1) is 0 Å². The number of carboxylic acids is 3.